The fraction of sp³-hybridized carbons (Fsp3) is 0.100. The lowest BCUT2D eigenvalue weighted by atomic mass is 10.2. The van der Waals surface area contributed by atoms with Crippen LogP contribution >= 0.6 is 27.5 Å². The zero-order chi connectivity index (χ0) is 10.6. The van der Waals surface area contributed by atoms with Crippen molar-refractivity contribution < 1.29 is 9.53 Å². The van der Waals surface area contributed by atoms with Crippen molar-refractivity contribution in [1.29, 1.82) is 0 Å². The van der Waals surface area contributed by atoms with Gasteiger partial charge in [-0.15, -0.1) is 0 Å². The second-order valence-electron chi connectivity index (χ2n) is 2.47. The van der Waals surface area contributed by atoms with Gasteiger partial charge in [0.15, 0.2) is 17.3 Å². The maximum atomic E-state index is 10.7. The van der Waals surface area contributed by atoms with Gasteiger partial charge >= 0.3 is 0 Å². The van der Waals surface area contributed by atoms with Gasteiger partial charge in [0.1, 0.15) is 0 Å². The van der Waals surface area contributed by atoms with Gasteiger partial charge in [-0.2, -0.15) is 0 Å². The van der Waals surface area contributed by atoms with E-state index in [4.69, 9.17) is 16.3 Å². The van der Waals surface area contributed by atoms with E-state index in [2.05, 4.69) is 15.9 Å². The van der Waals surface area contributed by atoms with Gasteiger partial charge in [-0.3, -0.25) is 4.79 Å². The topological polar surface area (TPSA) is 26.3 Å². The summed E-state index contributed by atoms with van der Waals surface area (Å²) >= 11 is 8.98. The van der Waals surface area contributed by atoms with E-state index < -0.39 is 0 Å². The molecule has 0 atom stereocenters. The number of para-hydroxylation sites is 1. The minimum Gasteiger partial charge on any atom is -0.444 e. The summed E-state index contributed by atoms with van der Waals surface area (Å²) < 4.78 is 5.96. The highest BCUT2D eigenvalue weighted by Crippen LogP contribution is 2.30. The third-order valence-corrected chi connectivity index (χ3v) is 2.47. The fourth-order valence-electron chi connectivity index (χ4n) is 0.882. The first-order valence-electron chi connectivity index (χ1n) is 3.92. The predicted molar refractivity (Wildman–Crippen MR) is 59.8 cm³/mol. The quantitative estimate of drug-likeness (QED) is 0.620. The predicted octanol–water partition coefficient (Wildman–Crippen LogP) is 3.74. The van der Waals surface area contributed by atoms with Crippen molar-refractivity contribution in [3.05, 3.63) is 39.5 Å². The van der Waals surface area contributed by atoms with Crippen LogP contribution < -0.4 is 4.74 Å². The zero-order valence-electron chi connectivity index (χ0n) is 7.46. The van der Waals surface area contributed by atoms with Crippen LogP contribution in [-0.4, -0.2) is 6.29 Å². The molecule has 74 valence electrons. The third kappa shape index (κ3) is 2.59. The number of aldehydes is 1. The van der Waals surface area contributed by atoms with E-state index in [0.717, 1.165) is 6.29 Å². The van der Waals surface area contributed by atoms with E-state index in [0.29, 0.717) is 15.8 Å². The summed E-state index contributed by atoms with van der Waals surface area (Å²) in [4.78, 5) is 10.7. The van der Waals surface area contributed by atoms with E-state index in [9.17, 15) is 4.79 Å². The Morgan fingerprint density at radius 3 is 2.86 bits per heavy atom. The second kappa shape index (κ2) is 5.17. The Bertz CT molecular complexity index is 374. The molecule has 14 heavy (non-hydrogen) atoms. The summed E-state index contributed by atoms with van der Waals surface area (Å²) in [5.41, 5.74) is 0.458. The Labute approximate surface area is 95.6 Å². The molecule has 4 heteroatoms. The summed E-state index contributed by atoms with van der Waals surface area (Å²) in [5, 5.41) is 0.236. The van der Waals surface area contributed by atoms with Crippen LogP contribution in [0, 0.1) is 0 Å². The largest absolute Gasteiger partial charge is 0.444 e. The highest BCUT2D eigenvalue weighted by molar-refractivity contribution is 9.10. The van der Waals surface area contributed by atoms with Crippen molar-refractivity contribution >= 4 is 33.8 Å². The summed E-state index contributed by atoms with van der Waals surface area (Å²) in [6.07, 6.45) is 2.33. The van der Waals surface area contributed by atoms with Gasteiger partial charge in [0.25, 0.3) is 0 Å². The Hall–Kier alpha value is -0.800. The molecule has 0 amide bonds. The molecule has 1 rings (SSSR count). The first-order chi connectivity index (χ1) is 6.69. The summed E-state index contributed by atoms with van der Waals surface area (Å²) in [6, 6.07) is 5.19. The summed E-state index contributed by atoms with van der Waals surface area (Å²) in [6.45, 7) is 1.75. The standard InChI is InChI=1S/C10H8BrClO2/c1-2-9(12)14-10-7(6-13)4-3-5-8(10)11/h2-6H,1H3/b9-2+. The fourth-order valence-corrected chi connectivity index (χ4v) is 1.42. The molecule has 0 bridgehead atoms. The molecule has 0 aliphatic rings. The molecule has 2 nitrogen and oxygen atoms in total. The monoisotopic (exact) mass is 274 g/mol. The molecule has 0 unspecified atom stereocenters. The molecule has 0 aliphatic carbocycles. The van der Waals surface area contributed by atoms with Crippen LogP contribution in [-0.2, 0) is 0 Å². The van der Waals surface area contributed by atoms with Crippen LogP contribution in [0.4, 0.5) is 0 Å². The first-order valence-corrected chi connectivity index (χ1v) is 5.09. The molecule has 0 radical (unpaired) electrons. The van der Waals surface area contributed by atoms with Crippen LogP contribution in [0.2, 0.25) is 0 Å². The van der Waals surface area contributed by atoms with Crippen molar-refractivity contribution in [3.63, 3.8) is 0 Å². The van der Waals surface area contributed by atoms with Crippen molar-refractivity contribution in [2.45, 2.75) is 6.92 Å². The smallest absolute Gasteiger partial charge is 0.189 e. The van der Waals surface area contributed by atoms with Crippen molar-refractivity contribution in [2.24, 2.45) is 0 Å². The van der Waals surface area contributed by atoms with Crippen molar-refractivity contribution in [1.82, 2.24) is 0 Å². The molecule has 0 aromatic heterocycles. The maximum absolute atomic E-state index is 10.7. The lowest BCUT2D eigenvalue weighted by Crippen LogP contribution is -1.94. The molecule has 0 saturated carbocycles. The van der Waals surface area contributed by atoms with Crippen molar-refractivity contribution in [2.75, 3.05) is 0 Å². The molecule has 0 saturated heterocycles. The SMILES string of the molecule is C/C=C(\Cl)Oc1c(Br)cccc1C=O. The van der Waals surface area contributed by atoms with Crippen LogP contribution in [0.25, 0.3) is 0 Å². The number of hydrogen-bond donors (Lipinski definition) is 0. The minimum absolute atomic E-state index is 0.236. The Kier molecular flexibility index (Phi) is 4.17. The number of halogens is 2. The number of hydrogen-bond acceptors (Lipinski definition) is 2. The average molecular weight is 276 g/mol. The Balaban J connectivity index is 3.11. The van der Waals surface area contributed by atoms with Gasteiger partial charge in [-0.05, 0) is 52.7 Å². The number of carbonyl (C=O) groups is 1. The van der Waals surface area contributed by atoms with Gasteiger partial charge in [-0.1, -0.05) is 6.07 Å². The highest BCUT2D eigenvalue weighted by atomic mass is 79.9. The van der Waals surface area contributed by atoms with Gasteiger partial charge in [-0.25, -0.2) is 0 Å². The third-order valence-electron chi connectivity index (χ3n) is 1.55. The van der Waals surface area contributed by atoms with E-state index in [-0.39, 0.29) is 5.22 Å². The summed E-state index contributed by atoms with van der Waals surface area (Å²) in [7, 11) is 0. The lowest BCUT2D eigenvalue weighted by molar-refractivity contribution is 0.112. The molecule has 0 aliphatic heterocycles. The van der Waals surface area contributed by atoms with E-state index in [1.165, 1.54) is 0 Å². The maximum Gasteiger partial charge on any atom is 0.189 e. The van der Waals surface area contributed by atoms with E-state index >= 15 is 0 Å². The highest BCUT2D eigenvalue weighted by Gasteiger charge is 2.08. The number of carbonyl (C=O) groups excluding carboxylic acids is 1. The molecule has 0 spiro atoms. The summed E-state index contributed by atoms with van der Waals surface area (Å²) in [5.74, 6) is 0.436. The average Bonchev–Trinajstić information content (AvgIpc) is 2.20. The molecule has 0 heterocycles. The Morgan fingerprint density at radius 2 is 2.29 bits per heavy atom. The van der Waals surface area contributed by atoms with Crippen LogP contribution in [0.1, 0.15) is 17.3 Å². The molecule has 0 fully saturated rings. The van der Waals surface area contributed by atoms with E-state index in [1.807, 2.05) is 0 Å². The molecular formula is C10H8BrClO2. The van der Waals surface area contributed by atoms with Gasteiger partial charge in [0.2, 0.25) is 0 Å². The van der Waals surface area contributed by atoms with Crippen LogP contribution in [0.3, 0.4) is 0 Å². The van der Waals surface area contributed by atoms with E-state index in [1.54, 1.807) is 31.2 Å². The normalized spacial score (nSPS) is 11.2. The molecule has 1 aromatic rings. The lowest BCUT2D eigenvalue weighted by Gasteiger charge is -2.07. The van der Waals surface area contributed by atoms with Crippen LogP contribution in [0.15, 0.2) is 34.0 Å². The first kappa shape index (κ1) is 11.3. The molecular weight excluding hydrogens is 267 g/mol. The number of rotatable bonds is 3. The van der Waals surface area contributed by atoms with Gasteiger partial charge in [0, 0.05) is 0 Å². The number of ether oxygens (including phenoxy) is 1. The zero-order valence-corrected chi connectivity index (χ0v) is 9.80. The Morgan fingerprint density at radius 1 is 1.57 bits per heavy atom. The number of allylic oxidation sites excluding steroid dienone is 1. The minimum atomic E-state index is 0.236. The number of benzene rings is 1. The second-order valence-corrected chi connectivity index (χ2v) is 3.70. The molecule has 1 aromatic carbocycles. The van der Waals surface area contributed by atoms with Crippen LogP contribution in [0.5, 0.6) is 5.75 Å². The van der Waals surface area contributed by atoms with Gasteiger partial charge < -0.3 is 4.74 Å². The van der Waals surface area contributed by atoms with Crippen molar-refractivity contribution in [3.8, 4) is 5.75 Å². The molecule has 0 N–H and O–H groups in total. The van der Waals surface area contributed by atoms with Gasteiger partial charge in [0.05, 0.1) is 10.0 Å².